The van der Waals surface area contributed by atoms with Gasteiger partial charge < -0.3 is 11.1 Å². The number of nitrogen functional groups attached to an aromatic ring is 1. The molecule has 0 radical (unpaired) electrons. The standard InChI is InChI=1S/C11H17N7S/c1-3-19-7-8(2)14-10-15-9(12)16-11(17-10)18-6-4-5-13-18/h4-6,8H,3,7H2,1-2H3,(H3,12,14,15,16,17). The van der Waals surface area contributed by atoms with Crippen LogP contribution in [0.2, 0.25) is 0 Å². The van der Waals surface area contributed by atoms with Crippen LogP contribution in [-0.4, -0.2) is 42.3 Å². The molecule has 7 nitrogen and oxygen atoms in total. The maximum atomic E-state index is 5.69. The Morgan fingerprint density at radius 3 is 2.95 bits per heavy atom. The van der Waals surface area contributed by atoms with Crippen molar-refractivity contribution < 1.29 is 0 Å². The van der Waals surface area contributed by atoms with Gasteiger partial charge in [0.2, 0.25) is 11.9 Å². The molecule has 2 rings (SSSR count). The van der Waals surface area contributed by atoms with Crippen LogP contribution in [0.3, 0.4) is 0 Å². The zero-order chi connectivity index (χ0) is 13.7. The second kappa shape index (κ2) is 6.37. The molecule has 0 aliphatic carbocycles. The molecule has 3 N–H and O–H groups in total. The lowest BCUT2D eigenvalue weighted by atomic mass is 10.4. The summed E-state index contributed by atoms with van der Waals surface area (Å²) in [6.45, 7) is 4.21. The van der Waals surface area contributed by atoms with Gasteiger partial charge in [0.25, 0.3) is 5.95 Å². The molecule has 0 saturated carbocycles. The third-order valence-electron chi connectivity index (χ3n) is 2.30. The van der Waals surface area contributed by atoms with Crippen LogP contribution >= 0.6 is 11.8 Å². The first kappa shape index (κ1) is 13.6. The minimum absolute atomic E-state index is 0.179. The van der Waals surface area contributed by atoms with E-state index in [4.69, 9.17) is 5.73 Å². The maximum absolute atomic E-state index is 5.69. The minimum Gasteiger partial charge on any atom is -0.368 e. The Morgan fingerprint density at radius 2 is 2.26 bits per heavy atom. The van der Waals surface area contributed by atoms with E-state index in [1.54, 1.807) is 23.1 Å². The lowest BCUT2D eigenvalue weighted by molar-refractivity contribution is 0.791. The fourth-order valence-electron chi connectivity index (χ4n) is 1.49. The Bertz CT molecular complexity index is 514. The van der Waals surface area contributed by atoms with Gasteiger partial charge in [0.05, 0.1) is 0 Å². The second-order valence-corrected chi connectivity index (χ2v) is 5.29. The number of aromatic nitrogens is 5. The van der Waals surface area contributed by atoms with Crippen LogP contribution in [0.4, 0.5) is 11.9 Å². The highest BCUT2D eigenvalue weighted by Gasteiger charge is 2.09. The highest BCUT2D eigenvalue weighted by molar-refractivity contribution is 7.99. The molecule has 2 aromatic heterocycles. The van der Waals surface area contributed by atoms with E-state index in [0.29, 0.717) is 11.9 Å². The van der Waals surface area contributed by atoms with Crippen molar-refractivity contribution in [2.24, 2.45) is 0 Å². The molecule has 0 aromatic carbocycles. The second-order valence-electron chi connectivity index (χ2n) is 3.97. The number of hydrogen-bond donors (Lipinski definition) is 2. The highest BCUT2D eigenvalue weighted by Crippen LogP contribution is 2.09. The molecule has 0 fully saturated rings. The van der Waals surface area contributed by atoms with Crippen LogP contribution in [0.1, 0.15) is 13.8 Å². The molecular weight excluding hydrogens is 262 g/mol. The molecule has 1 unspecified atom stereocenters. The first-order chi connectivity index (χ1) is 9.19. The highest BCUT2D eigenvalue weighted by atomic mass is 32.2. The Hall–Kier alpha value is -1.83. The number of nitrogens with one attached hydrogen (secondary N) is 1. The predicted molar refractivity (Wildman–Crippen MR) is 77.4 cm³/mol. The molecule has 0 saturated heterocycles. The summed E-state index contributed by atoms with van der Waals surface area (Å²) in [5.74, 6) is 3.14. The molecule has 0 bridgehead atoms. The molecule has 2 heterocycles. The van der Waals surface area contributed by atoms with E-state index in [0.717, 1.165) is 11.5 Å². The van der Waals surface area contributed by atoms with Crippen molar-refractivity contribution in [3.8, 4) is 5.95 Å². The summed E-state index contributed by atoms with van der Waals surface area (Å²) < 4.78 is 1.55. The average Bonchev–Trinajstić information content (AvgIpc) is 2.89. The molecule has 0 spiro atoms. The van der Waals surface area contributed by atoms with Gasteiger partial charge in [-0.3, -0.25) is 0 Å². The van der Waals surface area contributed by atoms with E-state index < -0.39 is 0 Å². The van der Waals surface area contributed by atoms with E-state index in [1.165, 1.54) is 0 Å². The van der Waals surface area contributed by atoms with Crippen LogP contribution < -0.4 is 11.1 Å². The van der Waals surface area contributed by atoms with Crippen molar-refractivity contribution >= 4 is 23.7 Å². The van der Waals surface area contributed by atoms with Gasteiger partial charge in [-0.25, -0.2) is 4.68 Å². The largest absolute Gasteiger partial charge is 0.368 e. The van der Waals surface area contributed by atoms with E-state index in [9.17, 15) is 0 Å². The average molecular weight is 279 g/mol. The Morgan fingerprint density at radius 1 is 1.42 bits per heavy atom. The molecule has 2 aromatic rings. The summed E-state index contributed by atoms with van der Waals surface area (Å²) >= 11 is 1.86. The van der Waals surface area contributed by atoms with Gasteiger partial charge in [-0.1, -0.05) is 6.92 Å². The van der Waals surface area contributed by atoms with Crippen molar-refractivity contribution in [1.82, 2.24) is 24.7 Å². The molecule has 1 atom stereocenters. The zero-order valence-corrected chi connectivity index (χ0v) is 11.8. The molecule has 0 aliphatic rings. The molecule has 8 heteroatoms. The number of rotatable bonds is 6. The zero-order valence-electron chi connectivity index (χ0n) is 10.9. The Kier molecular flexibility index (Phi) is 4.56. The third-order valence-corrected chi connectivity index (χ3v) is 3.44. The summed E-state index contributed by atoms with van der Waals surface area (Å²) in [6, 6.07) is 2.06. The maximum Gasteiger partial charge on any atom is 0.257 e. The van der Waals surface area contributed by atoms with Crippen molar-refractivity contribution in [3.63, 3.8) is 0 Å². The smallest absolute Gasteiger partial charge is 0.257 e. The molecule has 0 aliphatic heterocycles. The number of thioether (sulfide) groups is 1. The lowest BCUT2D eigenvalue weighted by Crippen LogP contribution is -2.21. The summed E-state index contributed by atoms with van der Waals surface area (Å²) in [7, 11) is 0. The van der Waals surface area contributed by atoms with Crippen molar-refractivity contribution in [3.05, 3.63) is 18.5 Å². The minimum atomic E-state index is 0.179. The van der Waals surface area contributed by atoms with E-state index in [1.807, 2.05) is 11.8 Å². The first-order valence-corrected chi connectivity index (χ1v) is 7.20. The monoisotopic (exact) mass is 279 g/mol. The van der Waals surface area contributed by atoms with Gasteiger partial charge in [-0.15, -0.1) is 0 Å². The van der Waals surface area contributed by atoms with Crippen LogP contribution in [0.5, 0.6) is 0 Å². The fourth-order valence-corrected chi connectivity index (χ4v) is 2.16. The van der Waals surface area contributed by atoms with Crippen LogP contribution in [0.15, 0.2) is 18.5 Å². The van der Waals surface area contributed by atoms with Gasteiger partial charge >= 0.3 is 0 Å². The summed E-state index contributed by atoms with van der Waals surface area (Å²) in [5, 5.41) is 7.29. The van der Waals surface area contributed by atoms with E-state index in [2.05, 4.69) is 39.2 Å². The first-order valence-electron chi connectivity index (χ1n) is 6.05. The van der Waals surface area contributed by atoms with Crippen LogP contribution in [-0.2, 0) is 0 Å². The molecule has 102 valence electrons. The SMILES string of the molecule is CCSCC(C)Nc1nc(N)nc(-n2cccn2)n1. The van der Waals surface area contributed by atoms with Crippen LogP contribution in [0.25, 0.3) is 5.95 Å². The summed E-state index contributed by atoms with van der Waals surface area (Å²) in [4.78, 5) is 12.4. The van der Waals surface area contributed by atoms with Gasteiger partial charge in [0.15, 0.2) is 0 Å². The number of nitrogens with zero attached hydrogens (tertiary/aromatic N) is 5. The Balaban J connectivity index is 2.13. The quantitative estimate of drug-likeness (QED) is 0.820. The van der Waals surface area contributed by atoms with Crippen molar-refractivity contribution in [2.75, 3.05) is 22.6 Å². The topological polar surface area (TPSA) is 94.5 Å². The predicted octanol–water partition coefficient (Wildman–Crippen LogP) is 1.19. The number of nitrogens with two attached hydrogens (primary N) is 1. The third kappa shape index (κ3) is 3.82. The van der Waals surface area contributed by atoms with Gasteiger partial charge in [0.1, 0.15) is 0 Å². The molecular formula is C11H17N7S. The number of anilines is 2. The lowest BCUT2D eigenvalue weighted by Gasteiger charge is -2.13. The van der Waals surface area contributed by atoms with Gasteiger partial charge in [-0.2, -0.15) is 31.8 Å². The van der Waals surface area contributed by atoms with Gasteiger partial charge in [0, 0.05) is 24.2 Å². The van der Waals surface area contributed by atoms with Crippen molar-refractivity contribution in [1.29, 1.82) is 0 Å². The van der Waals surface area contributed by atoms with Crippen molar-refractivity contribution in [2.45, 2.75) is 19.9 Å². The van der Waals surface area contributed by atoms with E-state index >= 15 is 0 Å². The molecule has 19 heavy (non-hydrogen) atoms. The fraction of sp³-hybridized carbons (Fsp3) is 0.455. The van der Waals surface area contributed by atoms with Crippen LogP contribution in [0, 0.1) is 0 Å². The van der Waals surface area contributed by atoms with E-state index in [-0.39, 0.29) is 12.0 Å². The normalized spacial score (nSPS) is 12.3. The summed E-state index contributed by atoms with van der Waals surface area (Å²) in [6.07, 6.45) is 3.42. The summed E-state index contributed by atoms with van der Waals surface area (Å²) in [5.41, 5.74) is 5.69. The Labute approximate surface area is 116 Å². The number of hydrogen-bond acceptors (Lipinski definition) is 7. The van der Waals surface area contributed by atoms with Gasteiger partial charge in [-0.05, 0) is 18.7 Å². The molecule has 0 amide bonds.